The number of aromatic nitrogens is 3. The van der Waals surface area contributed by atoms with Crippen molar-refractivity contribution in [3.8, 4) is 11.5 Å². The molecule has 134 valence electrons. The van der Waals surface area contributed by atoms with Crippen molar-refractivity contribution in [2.75, 3.05) is 26.7 Å². The van der Waals surface area contributed by atoms with Gasteiger partial charge in [0.15, 0.2) is 17.5 Å². The molecule has 1 aromatic carbocycles. The average molecular weight is 344 g/mol. The number of aliphatic imine (C=N–C) groups is 1. The van der Waals surface area contributed by atoms with Gasteiger partial charge in [-0.1, -0.05) is 19.1 Å². The van der Waals surface area contributed by atoms with Gasteiger partial charge in [0, 0.05) is 26.6 Å². The number of benzene rings is 1. The van der Waals surface area contributed by atoms with Crippen molar-refractivity contribution in [1.82, 2.24) is 25.4 Å². The lowest BCUT2D eigenvalue weighted by molar-refractivity contribution is 0.0936. The molecule has 1 unspecified atom stereocenters. The highest BCUT2D eigenvalue weighted by molar-refractivity contribution is 5.79. The Morgan fingerprint density at radius 1 is 1.32 bits per heavy atom. The summed E-state index contributed by atoms with van der Waals surface area (Å²) >= 11 is 0. The van der Waals surface area contributed by atoms with Crippen molar-refractivity contribution in [2.24, 2.45) is 4.99 Å². The Labute approximate surface area is 147 Å². The molecule has 0 saturated carbocycles. The van der Waals surface area contributed by atoms with Gasteiger partial charge in [0.1, 0.15) is 24.9 Å². The number of nitrogens with one attached hydrogen (secondary N) is 2. The summed E-state index contributed by atoms with van der Waals surface area (Å²) in [5.74, 6) is 3.29. The second kappa shape index (κ2) is 8.36. The highest BCUT2D eigenvalue weighted by Gasteiger charge is 2.20. The lowest BCUT2D eigenvalue weighted by Gasteiger charge is -2.27. The van der Waals surface area contributed by atoms with Crippen LogP contribution in [0.25, 0.3) is 0 Å². The molecule has 2 N–H and O–H groups in total. The van der Waals surface area contributed by atoms with Crippen molar-refractivity contribution in [2.45, 2.75) is 26.0 Å². The quantitative estimate of drug-likeness (QED) is 0.597. The summed E-state index contributed by atoms with van der Waals surface area (Å²) in [7, 11) is 1.75. The van der Waals surface area contributed by atoms with Gasteiger partial charge in [-0.05, 0) is 12.1 Å². The molecule has 0 fully saturated rings. The van der Waals surface area contributed by atoms with Crippen molar-refractivity contribution in [3.63, 3.8) is 0 Å². The second-order valence-corrected chi connectivity index (χ2v) is 5.67. The van der Waals surface area contributed by atoms with Crippen LogP contribution in [0.3, 0.4) is 0 Å². The summed E-state index contributed by atoms with van der Waals surface area (Å²) < 4.78 is 13.7. The molecule has 0 spiro atoms. The fraction of sp³-hybridized carbons (Fsp3) is 0.471. The molecular formula is C17H24N6O2. The van der Waals surface area contributed by atoms with Gasteiger partial charge in [0.2, 0.25) is 0 Å². The molecule has 1 aromatic heterocycles. The third-order valence-corrected chi connectivity index (χ3v) is 3.95. The first-order valence-corrected chi connectivity index (χ1v) is 8.49. The van der Waals surface area contributed by atoms with Gasteiger partial charge < -0.3 is 24.7 Å². The van der Waals surface area contributed by atoms with Crippen LogP contribution in [0, 0.1) is 0 Å². The van der Waals surface area contributed by atoms with Crippen LogP contribution in [0.5, 0.6) is 11.5 Å². The first kappa shape index (κ1) is 17.1. The lowest BCUT2D eigenvalue weighted by Crippen LogP contribution is -2.46. The number of nitrogens with zero attached hydrogens (tertiary/aromatic N) is 4. The molecule has 1 aliphatic heterocycles. The SMILES string of the molecule is CCc1nncn1CCNC(=NC)NCC1COc2ccccc2O1. The Morgan fingerprint density at radius 2 is 2.16 bits per heavy atom. The fourth-order valence-electron chi connectivity index (χ4n) is 2.63. The van der Waals surface area contributed by atoms with Crippen LogP contribution in [-0.4, -0.2) is 53.6 Å². The summed E-state index contributed by atoms with van der Waals surface area (Å²) in [6.07, 6.45) is 2.56. The minimum Gasteiger partial charge on any atom is -0.486 e. The van der Waals surface area contributed by atoms with Gasteiger partial charge in [-0.3, -0.25) is 4.99 Å². The van der Waals surface area contributed by atoms with Crippen LogP contribution in [0.1, 0.15) is 12.7 Å². The topological polar surface area (TPSA) is 85.6 Å². The molecule has 3 rings (SSSR count). The molecule has 0 radical (unpaired) electrons. The number of rotatable bonds is 6. The van der Waals surface area contributed by atoms with E-state index in [2.05, 4.69) is 32.7 Å². The van der Waals surface area contributed by atoms with Crippen LogP contribution in [0.2, 0.25) is 0 Å². The van der Waals surface area contributed by atoms with E-state index >= 15 is 0 Å². The third-order valence-electron chi connectivity index (χ3n) is 3.95. The van der Waals surface area contributed by atoms with Gasteiger partial charge in [0.05, 0.1) is 6.54 Å². The van der Waals surface area contributed by atoms with E-state index in [-0.39, 0.29) is 6.10 Å². The maximum atomic E-state index is 5.93. The van der Waals surface area contributed by atoms with Gasteiger partial charge in [0.25, 0.3) is 0 Å². The van der Waals surface area contributed by atoms with Crippen molar-refractivity contribution in [1.29, 1.82) is 0 Å². The summed E-state index contributed by atoms with van der Waals surface area (Å²) in [4.78, 5) is 4.24. The predicted octanol–water partition coefficient (Wildman–Crippen LogP) is 0.846. The maximum Gasteiger partial charge on any atom is 0.191 e. The Kier molecular flexibility index (Phi) is 5.71. The minimum absolute atomic E-state index is 0.0574. The fourth-order valence-corrected chi connectivity index (χ4v) is 2.63. The predicted molar refractivity (Wildman–Crippen MR) is 95.1 cm³/mol. The summed E-state index contributed by atoms with van der Waals surface area (Å²) in [6, 6.07) is 7.70. The molecular weight excluding hydrogens is 320 g/mol. The highest BCUT2D eigenvalue weighted by atomic mass is 16.6. The number of para-hydroxylation sites is 2. The summed E-state index contributed by atoms with van der Waals surface area (Å²) in [6.45, 7) is 4.71. The zero-order chi connectivity index (χ0) is 17.5. The molecule has 0 saturated heterocycles. The Morgan fingerprint density at radius 3 is 2.96 bits per heavy atom. The Hall–Kier alpha value is -2.77. The van der Waals surface area contributed by atoms with E-state index in [1.165, 1.54) is 0 Å². The number of fused-ring (bicyclic) bond motifs is 1. The maximum absolute atomic E-state index is 5.93. The lowest BCUT2D eigenvalue weighted by atomic mass is 10.2. The van der Waals surface area contributed by atoms with Gasteiger partial charge >= 0.3 is 0 Å². The zero-order valence-electron chi connectivity index (χ0n) is 14.6. The zero-order valence-corrected chi connectivity index (χ0v) is 14.6. The molecule has 8 heteroatoms. The third kappa shape index (κ3) is 4.40. The van der Waals surface area contributed by atoms with E-state index in [0.717, 1.165) is 42.8 Å². The van der Waals surface area contributed by atoms with Crippen molar-refractivity contribution in [3.05, 3.63) is 36.4 Å². The molecule has 0 amide bonds. The first-order chi connectivity index (χ1) is 12.3. The van der Waals surface area contributed by atoms with Crippen LogP contribution >= 0.6 is 0 Å². The number of aryl methyl sites for hydroxylation is 1. The summed E-state index contributed by atoms with van der Waals surface area (Å²) in [5.41, 5.74) is 0. The molecule has 1 atom stereocenters. The van der Waals surface area contributed by atoms with E-state index < -0.39 is 0 Å². The molecule has 1 aliphatic rings. The molecule has 0 aliphatic carbocycles. The number of hydrogen-bond donors (Lipinski definition) is 2. The van der Waals surface area contributed by atoms with Gasteiger partial charge in [-0.15, -0.1) is 10.2 Å². The monoisotopic (exact) mass is 344 g/mol. The number of hydrogen-bond acceptors (Lipinski definition) is 5. The summed E-state index contributed by atoms with van der Waals surface area (Å²) in [5, 5.41) is 14.6. The number of guanidine groups is 1. The van der Waals surface area contributed by atoms with E-state index in [9.17, 15) is 0 Å². The molecule has 25 heavy (non-hydrogen) atoms. The second-order valence-electron chi connectivity index (χ2n) is 5.67. The largest absolute Gasteiger partial charge is 0.486 e. The molecule has 8 nitrogen and oxygen atoms in total. The Balaban J connectivity index is 1.42. The molecule has 2 heterocycles. The van der Waals surface area contributed by atoms with Gasteiger partial charge in [-0.25, -0.2) is 0 Å². The first-order valence-electron chi connectivity index (χ1n) is 8.49. The number of ether oxygens (including phenoxy) is 2. The van der Waals surface area contributed by atoms with E-state index in [1.807, 2.05) is 28.8 Å². The molecule has 0 bridgehead atoms. The van der Waals surface area contributed by atoms with Crippen LogP contribution in [-0.2, 0) is 13.0 Å². The van der Waals surface area contributed by atoms with Gasteiger partial charge in [-0.2, -0.15) is 0 Å². The molecule has 2 aromatic rings. The van der Waals surface area contributed by atoms with E-state index in [1.54, 1.807) is 13.4 Å². The van der Waals surface area contributed by atoms with Crippen LogP contribution in [0.15, 0.2) is 35.6 Å². The van der Waals surface area contributed by atoms with Crippen molar-refractivity contribution < 1.29 is 9.47 Å². The minimum atomic E-state index is -0.0574. The standard InChI is InChI=1S/C17H24N6O2/c1-3-16-22-21-12-23(16)9-8-19-17(18-2)20-10-13-11-24-14-6-4-5-7-15(14)25-13/h4-7,12-13H,3,8-11H2,1-2H3,(H2,18,19,20). The highest BCUT2D eigenvalue weighted by Crippen LogP contribution is 2.30. The normalized spacial score (nSPS) is 16.6. The Bertz CT molecular complexity index is 715. The van der Waals surface area contributed by atoms with Crippen LogP contribution < -0.4 is 20.1 Å². The van der Waals surface area contributed by atoms with E-state index in [0.29, 0.717) is 13.2 Å². The van der Waals surface area contributed by atoms with Crippen molar-refractivity contribution >= 4 is 5.96 Å². The van der Waals surface area contributed by atoms with Crippen LogP contribution in [0.4, 0.5) is 0 Å². The smallest absolute Gasteiger partial charge is 0.191 e. The average Bonchev–Trinajstić information content (AvgIpc) is 3.11. The van der Waals surface area contributed by atoms with E-state index in [4.69, 9.17) is 9.47 Å².